The first-order chi connectivity index (χ1) is 20.1. The number of phenols is 1. The number of aryl methyl sites for hydroxylation is 1. The van der Waals surface area contributed by atoms with E-state index in [-0.39, 0.29) is 22.7 Å². The van der Waals surface area contributed by atoms with Crippen molar-refractivity contribution in [2.45, 2.75) is 57.5 Å². The summed E-state index contributed by atoms with van der Waals surface area (Å²) in [5, 5.41) is 25.8. The van der Waals surface area contributed by atoms with Crippen LogP contribution in [0, 0.1) is 22.2 Å². The molecule has 220 valence electrons. The van der Waals surface area contributed by atoms with Gasteiger partial charge in [-0.2, -0.15) is 0 Å². The number of nitrogens with one attached hydrogen (secondary N) is 2. The third-order valence-corrected chi connectivity index (χ3v) is 9.10. The Morgan fingerprint density at radius 1 is 1.00 bits per heavy atom. The van der Waals surface area contributed by atoms with Crippen molar-refractivity contribution in [2.24, 2.45) is 5.92 Å². The average Bonchev–Trinajstić information content (AvgIpc) is 3.46. The molecule has 1 heterocycles. The SMILES string of the molecule is Cc1cccc(F)c1C(=O)N1CCC[C@H](C(=O)Nc2ccc(C(=O)O)c(O)c2)[C@@H]1c1ccc(NC2CCCC2)c(I)c1. The number of carboxylic acid groups (broad SMARTS) is 1. The van der Waals surface area contributed by atoms with Crippen LogP contribution in [0.15, 0.2) is 54.6 Å². The van der Waals surface area contributed by atoms with Gasteiger partial charge in [-0.3, -0.25) is 9.59 Å². The summed E-state index contributed by atoms with van der Waals surface area (Å²) in [6.07, 6.45) is 5.67. The third kappa shape index (κ3) is 6.23. The van der Waals surface area contributed by atoms with Crippen LogP contribution in [0.2, 0.25) is 0 Å². The lowest BCUT2D eigenvalue weighted by atomic mass is 9.83. The number of rotatable bonds is 7. The highest BCUT2D eigenvalue weighted by Crippen LogP contribution is 2.40. The lowest BCUT2D eigenvalue weighted by Crippen LogP contribution is -2.46. The fourth-order valence-electron chi connectivity index (χ4n) is 6.10. The molecule has 5 rings (SSSR count). The minimum Gasteiger partial charge on any atom is -0.507 e. The zero-order valence-electron chi connectivity index (χ0n) is 23.2. The van der Waals surface area contributed by atoms with E-state index in [1.165, 1.54) is 37.1 Å². The van der Waals surface area contributed by atoms with Crippen molar-refractivity contribution in [3.8, 4) is 5.75 Å². The number of piperidine rings is 1. The number of aromatic hydroxyl groups is 1. The van der Waals surface area contributed by atoms with E-state index >= 15 is 0 Å². The molecule has 42 heavy (non-hydrogen) atoms. The predicted octanol–water partition coefficient (Wildman–Crippen LogP) is 6.73. The first-order valence-corrected chi connectivity index (χ1v) is 15.2. The van der Waals surface area contributed by atoms with E-state index in [4.69, 9.17) is 0 Å². The van der Waals surface area contributed by atoms with E-state index in [1.807, 2.05) is 18.2 Å². The number of carbonyl (C=O) groups is 3. The van der Waals surface area contributed by atoms with Gasteiger partial charge in [0.2, 0.25) is 5.91 Å². The lowest BCUT2D eigenvalue weighted by Gasteiger charge is -2.41. The largest absolute Gasteiger partial charge is 0.507 e. The van der Waals surface area contributed by atoms with Gasteiger partial charge in [0.15, 0.2) is 0 Å². The normalized spacial score (nSPS) is 19.0. The number of halogens is 2. The van der Waals surface area contributed by atoms with Crippen molar-refractivity contribution >= 4 is 51.7 Å². The maximum atomic E-state index is 15.0. The van der Waals surface area contributed by atoms with Crippen LogP contribution in [0.3, 0.4) is 0 Å². The van der Waals surface area contributed by atoms with Crippen molar-refractivity contribution in [1.82, 2.24) is 4.90 Å². The molecule has 10 heteroatoms. The van der Waals surface area contributed by atoms with Crippen molar-refractivity contribution in [3.63, 3.8) is 0 Å². The van der Waals surface area contributed by atoms with Crippen LogP contribution in [-0.2, 0) is 4.79 Å². The minimum absolute atomic E-state index is 0.00745. The summed E-state index contributed by atoms with van der Waals surface area (Å²) in [6.45, 7) is 2.05. The topological polar surface area (TPSA) is 119 Å². The van der Waals surface area contributed by atoms with Crippen LogP contribution in [0.25, 0.3) is 0 Å². The molecule has 1 saturated carbocycles. The highest BCUT2D eigenvalue weighted by Gasteiger charge is 2.41. The summed E-state index contributed by atoms with van der Waals surface area (Å²) in [6, 6.07) is 14.0. The number of benzene rings is 3. The van der Waals surface area contributed by atoms with Crippen LogP contribution in [0.5, 0.6) is 5.75 Å². The summed E-state index contributed by atoms with van der Waals surface area (Å²) < 4.78 is 15.9. The minimum atomic E-state index is -1.28. The number of likely N-dealkylation sites (tertiary alicyclic amines) is 1. The Bertz CT molecular complexity index is 1500. The Morgan fingerprint density at radius 2 is 1.76 bits per heavy atom. The molecule has 0 unspecified atom stereocenters. The maximum Gasteiger partial charge on any atom is 0.339 e. The first-order valence-electron chi connectivity index (χ1n) is 14.1. The van der Waals surface area contributed by atoms with Crippen molar-refractivity contribution in [3.05, 3.63) is 86.2 Å². The Labute approximate surface area is 257 Å². The Morgan fingerprint density at radius 3 is 2.43 bits per heavy atom. The maximum absolute atomic E-state index is 15.0. The predicted molar refractivity (Wildman–Crippen MR) is 166 cm³/mol. The molecule has 2 fully saturated rings. The van der Waals surface area contributed by atoms with Gasteiger partial charge in [-0.25, -0.2) is 9.18 Å². The molecule has 2 atom stereocenters. The molecule has 8 nitrogen and oxygen atoms in total. The van der Waals surface area contributed by atoms with Crippen LogP contribution in [0.1, 0.15) is 76.4 Å². The highest BCUT2D eigenvalue weighted by atomic mass is 127. The van der Waals surface area contributed by atoms with Gasteiger partial charge in [-0.05, 0) is 96.7 Å². The molecule has 2 amide bonds. The summed E-state index contributed by atoms with van der Waals surface area (Å²) in [5.41, 5.74) is 2.24. The first kappa shape index (κ1) is 29.8. The van der Waals surface area contributed by atoms with Crippen LogP contribution >= 0.6 is 22.6 Å². The van der Waals surface area contributed by atoms with Crippen molar-refractivity contribution in [2.75, 3.05) is 17.2 Å². The lowest BCUT2D eigenvalue weighted by molar-refractivity contribution is -0.123. The van der Waals surface area contributed by atoms with Gasteiger partial charge in [-0.1, -0.05) is 31.0 Å². The number of hydrogen-bond acceptors (Lipinski definition) is 5. The van der Waals surface area contributed by atoms with Crippen molar-refractivity contribution in [1.29, 1.82) is 0 Å². The number of aromatic carboxylic acids is 1. The van der Waals surface area contributed by atoms with E-state index in [0.717, 1.165) is 27.7 Å². The van der Waals surface area contributed by atoms with Gasteiger partial charge >= 0.3 is 5.97 Å². The van der Waals surface area contributed by atoms with Gasteiger partial charge in [0.1, 0.15) is 17.1 Å². The molecule has 1 aliphatic heterocycles. The standard InChI is InChI=1S/C32H33FIN3O5/c1-18-6-4-10-24(33)28(18)31(40)37-15-5-9-23(30(39)36-21-12-13-22(32(41)42)27(38)17-21)29(37)19-11-14-26(25(34)16-19)35-20-7-2-3-8-20/h4,6,10-14,16-17,20,23,29,35,38H,2-3,5,7-9,15H2,1H3,(H,36,39)(H,41,42)/t23-,29-/m0/s1. The van der Waals surface area contributed by atoms with Gasteiger partial charge in [0.05, 0.1) is 17.5 Å². The van der Waals surface area contributed by atoms with Crippen molar-refractivity contribution < 1.29 is 29.0 Å². The summed E-state index contributed by atoms with van der Waals surface area (Å²) in [4.78, 5) is 40.6. The Kier molecular flexibility index (Phi) is 9.00. The third-order valence-electron chi connectivity index (χ3n) is 8.21. The molecule has 3 aromatic carbocycles. The summed E-state index contributed by atoms with van der Waals surface area (Å²) >= 11 is 2.27. The average molecular weight is 686 g/mol. The second kappa shape index (κ2) is 12.7. The molecule has 4 N–H and O–H groups in total. The summed E-state index contributed by atoms with van der Waals surface area (Å²) in [5.74, 6) is -3.89. The fraction of sp³-hybridized carbons (Fsp3) is 0.344. The fourth-order valence-corrected chi connectivity index (χ4v) is 6.80. The van der Waals surface area contributed by atoms with E-state index in [1.54, 1.807) is 24.0 Å². The molecule has 1 saturated heterocycles. The number of carbonyl (C=O) groups excluding carboxylic acids is 2. The van der Waals surface area contributed by atoms with E-state index in [2.05, 4.69) is 33.2 Å². The molecule has 1 aliphatic carbocycles. The number of anilines is 2. The summed E-state index contributed by atoms with van der Waals surface area (Å²) in [7, 11) is 0. The number of nitrogens with zero attached hydrogens (tertiary/aromatic N) is 1. The smallest absolute Gasteiger partial charge is 0.339 e. The molecule has 0 bridgehead atoms. The molecular weight excluding hydrogens is 652 g/mol. The zero-order chi connectivity index (χ0) is 30.0. The Hall–Kier alpha value is -3.67. The van der Waals surface area contributed by atoms with E-state index in [0.29, 0.717) is 31.0 Å². The highest BCUT2D eigenvalue weighted by molar-refractivity contribution is 14.1. The zero-order valence-corrected chi connectivity index (χ0v) is 25.4. The molecule has 0 aromatic heterocycles. The quantitative estimate of drug-likeness (QED) is 0.205. The van der Waals surface area contributed by atoms with Gasteiger partial charge < -0.3 is 25.7 Å². The van der Waals surface area contributed by atoms with Crippen LogP contribution in [0.4, 0.5) is 15.8 Å². The van der Waals surface area contributed by atoms with E-state index < -0.39 is 35.4 Å². The van der Waals surface area contributed by atoms with Gasteiger partial charge in [-0.15, -0.1) is 0 Å². The molecule has 0 spiro atoms. The van der Waals surface area contributed by atoms with Gasteiger partial charge in [0.25, 0.3) is 5.91 Å². The van der Waals surface area contributed by atoms with Gasteiger partial charge in [0, 0.05) is 33.6 Å². The number of hydrogen-bond donors (Lipinski definition) is 4. The van der Waals surface area contributed by atoms with Crippen LogP contribution < -0.4 is 10.6 Å². The molecule has 3 aromatic rings. The second-order valence-electron chi connectivity index (χ2n) is 11.0. The monoisotopic (exact) mass is 685 g/mol. The molecule has 2 aliphatic rings. The Balaban J connectivity index is 1.50. The molecular formula is C32H33FIN3O5. The number of amides is 2. The molecule has 0 radical (unpaired) electrons. The van der Waals surface area contributed by atoms with Crippen LogP contribution in [-0.4, -0.2) is 45.5 Å². The van der Waals surface area contributed by atoms with E-state index in [9.17, 15) is 29.0 Å². The number of carboxylic acids is 1. The second-order valence-corrected chi connectivity index (χ2v) is 12.2.